The third-order valence-electron chi connectivity index (χ3n) is 2.45. The van der Waals surface area contributed by atoms with Crippen molar-refractivity contribution in [3.63, 3.8) is 0 Å². The van der Waals surface area contributed by atoms with E-state index >= 15 is 0 Å². The summed E-state index contributed by atoms with van der Waals surface area (Å²) in [6, 6.07) is 5.99. The van der Waals surface area contributed by atoms with E-state index in [-0.39, 0.29) is 0 Å². The lowest BCUT2D eigenvalue weighted by atomic mass is 10.0. The van der Waals surface area contributed by atoms with Crippen molar-refractivity contribution in [1.29, 1.82) is 0 Å². The Kier molecular flexibility index (Phi) is 2.39. The Morgan fingerprint density at radius 1 is 1.50 bits per heavy atom. The van der Waals surface area contributed by atoms with Crippen molar-refractivity contribution in [2.75, 3.05) is 13.7 Å². The molecule has 1 aliphatic heterocycles. The number of aryl methyl sites for hydroxylation is 1. The van der Waals surface area contributed by atoms with Crippen molar-refractivity contribution < 1.29 is 4.74 Å². The van der Waals surface area contributed by atoms with Gasteiger partial charge in [-0.3, -0.25) is 4.99 Å². The minimum absolute atomic E-state index is 0.582. The van der Waals surface area contributed by atoms with Crippen molar-refractivity contribution >= 4 is 5.84 Å². The maximum Gasteiger partial charge on any atom is 0.125 e. The summed E-state index contributed by atoms with van der Waals surface area (Å²) < 4.78 is 5.51. The number of benzene rings is 1. The largest absolute Gasteiger partial charge is 0.493 e. The van der Waals surface area contributed by atoms with Crippen LogP contribution in [0.3, 0.4) is 0 Å². The molecule has 2 rings (SSSR count). The fourth-order valence-corrected chi connectivity index (χ4v) is 1.65. The van der Waals surface area contributed by atoms with Gasteiger partial charge in [0.25, 0.3) is 0 Å². The highest BCUT2D eigenvalue weighted by Gasteiger charge is 2.11. The molecule has 0 atom stereocenters. The summed E-state index contributed by atoms with van der Waals surface area (Å²) in [4.78, 5) is 3.96. The van der Waals surface area contributed by atoms with Gasteiger partial charge < -0.3 is 10.5 Å². The minimum Gasteiger partial charge on any atom is -0.493 e. The van der Waals surface area contributed by atoms with E-state index in [1.807, 2.05) is 12.1 Å². The first kappa shape index (κ1) is 9.06. The Hall–Kier alpha value is -1.51. The Morgan fingerprint density at radius 2 is 2.36 bits per heavy atom. The molecule has 1 aromatic rings. The number of ether oxygens (including phenoxy) is 1. The fraction of sp³-hybridized carbons (Fsp3) is 0.364. The van der Waals surface area contributed by atoms with Crippen LogP contribution in [0.1, 0.15) is 17.5 Å². The van der Waals surface area contributed by atoms with Crippen LogP contribution >= 0.6 is 0 Å². The van der Waals surface area contributed by atoms with Crippen molar-refractivity contribution in [3.8, 4) is 5.75 Å². The first-order chi connectivity index (χ1) is 6.81. The number of nitrogens with zero attached hydrogens (tertiary/aromatic N) is 1. The number of hydrogen-bond donors (Lipinski definition) is 1. The van der Waals surface area contributed by atoms with Gasteiger partial charge in [0.2, 0.25) is 0 Å². The zero-order valence-electron chi connectivity index (χ0n) is 8.29. The van der Waals surface area contributed by atoms with Gasteiger partial charge in [-0.2, -0.15) is 0 Å². The summed E-state index contributed by atoms with van der Waals surface area (Å²) in [7, 11) is 1.70. The number of aliphatic imine (C=N–C) groups is 1. The SMILES string of the molecule is CN=C(N)c1ccc2c(c1)CCCO2. The molecule has 0 aliphatic carbocycles. The Morgan fingerprint density at radius 3 is 3.14 bits per heavy atom. The molecule has 14 heavy (non-hydrogen) atoms. The molecule has 0 saturated heterocycles. The predicted molar refractivity (Wildman–Crippen MR) is 56.9 cm³/mol. The number of amidine groups is 1. The maximum atomic E-state index is 5.74. The van der Waals surface area contributed by atoms with Gasteiger partial charge in [-0.05, 0) is 36.6 Å². The molecule has 74 valence electrons. The van der Waals surface area contributed by atoms with Crippen LogP contribution in [0.25, 0.3) is 0 Å². The molecule has 0 radical (unpaired) electrons. The van der Waals surface area contributed by atoms with Crippen LogP contribution < -0.4 is 10.5 Å². The molecule has 0 amide bonds. The van der Waals surface area contributed by atoms with Crippen LogP contribution in [-0.2, 0) is 6.42 Å². The second-order valence-corrected chi connectivity index (χ2v) is 3.38. The molecule has 0 unspecified atom stereocenters. The molecule has 0 bridgehead atoms. The summed E-state index contributed by atoms with van der Waals surface area (Å²) >= 11 is 0. The van der Waals surface area contributed by atoms with Crippen molar-refractivity contribution in [2.24, 2.45) is 10.7 Å². The smallest absolute Gasteiger partial charge is 0.125 e. The molecule has 0 fully saturated rings. The molecule has 3 heteroatoms. The molecule has 0 spiro atoms. The Bertz CT molecular complexity index is 372. The Labute approximate surface area is 83.6 Å². The van der Waals surface area contributed by atoms with E-state index < -0.39 is 0 Å². The summed E-state index contributed by atoms with van der Waals surface area (Å²) in [5.41, 5.74) is 7.96. The van der Waals surface area contributed by atoms with Crippen LogP contribution in [0.5, 0.6) is 5.75 Å². The van der Waals surface area contributed by atoms with Crippen LogP contribution in [0.4, 0.5) is 0 Å². The quantitative estimate of drug-likeness (QED) is 0.536. The van der Waals surface area contributed by atoms with Gasteiger partial charge in [-0.15, -0.1) is 0 Å². The van der Waals surface area contributed by atoms with Crippen LogP contribution in [0, 0.1) is 0 Å². The van der Waals surface area contributed by atoms with E-state index in [9.17, 15) is 0 Å². The van der Waals surface area contributed by atoms with Gasteiger partial charge in [0.15, 0.2) is 0 Å². The van der Waals surface area contributed by atoms with Gasteiger partial charge in [-0.1, -0.05) is 0 Å². The van der Waals surface area contributed by atoms with E-state index in [4.69, 9.17) is 10.5 Å². The lowest BCUT2D eigenvalue weighted by Gasteiger charge is -2.17. The van der Waals surface area contributed by atoms with E-state index in [2.05, 4.69) is 11.1 Å². The zero-order valence-corrected chi connectivity index (χ0v) is 8.29. The molecule has 1 aliphatic rings. The highest BCUT2D eigenvalue weighted by molar-refractivity contribution is 5.97. The number of rotatable bonds is 1. The average molecular weight is 190 g/mol. The van der Waals surface area contributed by atoms with E-state index in [0.29, 0.717) is 5.84 Å². The van der Waals surface area contributed by atoms with E-state index in [0.717, 1.165) is 30.8 Å². The van der Waals surface area contributed by atoms with Crippen molar-refractivity contribution in [2.45, 2.75) is 12.8 Å². The van der Waals surface area contributed by atoms with E-state index in [1.54, 1.807) is 7.05 Å². The van der Waals surface area contributed by atoms with Gasteiger partial charge in [-0.25, -0.2) is 0 Å². The molecule has 3 nitrogen and oxygen atoms in total. The lowest BCUT2D eigenvalue weighted by Crippen LogP contribution is -2.15. The third kappa shape index (κ3) is 1.58. The van der Waals surface area contributed by atoms with E-state index in [1.165, 1.54) is 5.56 Å². The van der Waals surface area contributed by atoms with Gasteiger partial charge >= 0.3 is 0 Å². The lowest BCUT2D eigenvalue weighted by molar-refractivity contribution is 0.288. The summed E-state index contributed by atoms with van der Waals surface area (Å²) in [5, 5.41) is 0. The molecule has 1 aromatic carbocycles. The standard InChI is InChI=1S/C11H14N2O/c1-13-11(12)9-4-5-10-8(7-9)3-2-6-14-10/h4-5,7H,2-3,6H2,1H3,(H2,12,13). The molecular weight excluding hydrogens is 176 g/mol. The summed E-state index contributed by atoms with van der Waals surface area (Å²) in [5.74, 6) is 1.57. The number of hydrogen-bond acceptors (Lipinski definition) is 2. The first-order valence-electron chi connectivity index (χ1n) is 4.79. The van der Waals surface area contributed by atoms with Gasteiger partial charge in [0.05, 0.1) is 6.61 Å². The Balaban J connectivity index is 2.38. The second kappa shape index (κ2) is 3.70. The molecule has 0 aromatic heterocycles. The molecule has 1 heterocycles. The zero-order chi connectivity index (χ0) is 9.97. The van der Waals surface area contributed by atoms with Crippen molar-refractivity contribution in [3.05, 3.63) is 29.3 Å². The van der Waals surface area contributed by atoms with Crippen molar-refractivity contribution in [1.82, 2.24) is 0 Å². The minimum atomic E-state index is 0.582. The topological polar surface area (TPSA) is 47.6 Å². The molecule has 0 saturated carbocycles. The van der Waals surface area contributed by atoms with Crippen LogP contribution in [0.15, 0.2) is 23.2 Å². The molecular formula is C11H14N2O. The number of nitrogens with two attached hydrogens (primary N) is 1. The maximum absolute atomic E-state index is 5.74. The molecule has 2 N–H and O–H groups in total. The summed E-state index contributed by atoms with van der Waals surface area (Å²) in [6.45, 7) is 0.823. The number of fused-ring (bicyclic) bond motifs is 1. The third-order valence-corrected chi connectivity index (χ3v) is 2.45. The van der Waals surface area contributed by atoms with Gasteiger partial charge in [0.1, 0.15) is 11.6 Å². The fourth-order valence-electron chi connectivity index (χ4n) is 1.65. The first-order valence-corrected chi connectivity index (χ1v) is 4.79. The summed E-state index contributed by atoms with van der Waals surface area (Å²) in [6.07, 6.45) is 2.15. The van der Waals surface area contributed by atoms with Gasteiger partial charge in [0, 0.05) is 12.6 Å². The highest BCUT2D eigenvalue weighted by Crippen LogP contribution is 2.25. The van der Waals surface area contributed by atoms with Crippen LogP contribution in [0.2, 0.25) is 0 Å². The predicted octanol–water partition coefficient (Wildman–Crippen LogP) is 1.35. The normalized spacial score (nSPS) is 15.9. The average Bonchev–Trinajstić information content (AvgIpc) is 2.27. The monoisotopic (exact) mass is 190 g/mol. The highest BCUT2D eigenvalue weighted by atomic mass is 16.5. The van der Waals surface area contributed by atoms with Crippen LogP contribution in [-0.4, -0.2) is 19.5 Å². The second-order valence-electron chi connectivity index (χ2n) is 3.38.